The van der Waals surface area contributed by atoms with E-state index in [-0.39, 0.29) is 5.91 Å². The van der Waals surface area contributed by atoms with Crippen LogP contribution in [0.25, 0.3) is 0 Å². The highest BCUT2D eigenvalue weighted by molar-refractivity contribution is 8.05. The van der Waals surface area contributed by atoms with Crippen molar-refractivity contribution < 1.29 is 14.3 Å². The number of rotatable bonds is 1. The summed E-state index contributed by atoms with van der Waals surface area (Å²) in [4.78, 5) is 22.2. The monoisotopic (exact) mass is 221 g/mol. The van der Waals surface area contributed by atoms with Crippen molar-refractivity contribution in [3.05, 3.63) is 41.8 Å². The van der Waals surface area contributed by atoms with Gasteiger partial charge in [-0.05, 0) is 17.5 Å². The average Bonchev–Trinajstić information content (AvgIpc) is 2.66. The Bertz CT molecular complexity index is 465. The first-order valence-corrected chi connectivity index (χ1v) is 5.44. The van der Waals surface area contributed by atoms with Gasteiger partial charge in [0.15, 0.2) is 0 Å². The number of benzene rings is 1. The van der Waals surface area contributed by atoms with Gasteiger partial charge in [0, 0.05) is 16.8 Å². The number of hydrogen-bond acceptors (Lipinski definition) is 3. The van der Waals surface area contributed by atoms with Crippen LogP contribution in [-0.4, -0.2) is 11.2 Å². The summed E-state index contributed by atoms with van der Waals surface area (Å²) in [6.45, 7) is 0. The average molecular weight is 221 g/mol. The Labute approximate surface area is 88.7 Å². The molecule has 15 heavy (non-hydrogen) atoms. The SMILES string of the molecule is O=C1C=CS(C(=O)Oc2ccccc2)=N1. The molecule has 0 radical (unpaired) electrons. The lowest BCUT2D eigenvalue weighted by Crippen LogP contribution is -2.09. The lowest BCUT2D eigenvalue weighted by atomic mass is 10.3. The van der Waals surface area contributed by atoms with E-state index in [1.165, 1.54) is 11.5 Å². The summed E-state index contributed by atoms with van der Waals surface area (Å²) in [5, 5.41) is 0.941. The van der Waals surface area contributed by atoms with E-state index in [2.05, 4.69) is 4.36 Å². The van der Waals surface area contributed by atoms with Gasteiger partial charge in [-0.3, -0.25) is 4.79 Å². The number of ether oxygens (including phenoxy) is 1. The Hall–Kier alpha value is -1.75. The molecule has 0 N–H and O–H groups in total. The third-order valence-corrected chi connectivity index (χ3v) is 2.84. The van der Waals surface area contributed by atoms with Crippen molar-refractivity contribution in [2.75, 3.05) is 0 Å². The zero-order valence-corrected chi connectivity index (χ0v) is 8.44. The molecule has 0 aromatic heterocycles. The summed E-state index contributed by atoms with van der Waals surface area (Å²) < 4.78 is 8.61. The summed E-state index contributed by atoms with van der Waals surface area (Å²) >= 11 is 0. The minimum Gasteiger partial charge on any atom is -0.418 e. The second kappa shape index (κ2) is 4.18. The van der Waals surface area contributed by atoms with Crippen LogP contribution in [0.15, 0.2) is 46.2 Å². The zero-order valence-electron chi connectivity index (χ0n) is 7.62. The summed E-state index contributed by atoms with van der Waals surface area (Å²) in [5.41, 5.74) is 0. The highest BCUT2D eigenvalue weighted by Gasteiger charge is 2.15. The molecule has 1 aromatic carbocycles. The molecule has 5 heteroatoms. The van der Waals surface area contributed by atoms with Gasteiger partial charge in [0.1, 0.15) is 5.75 Å². The van der Waals surface area contributed by atoms with Crippen molar-refractivity contribution in [2.24, 2.45) is 4.36 Å². The second-order valence-electron chi connectivity index (χ2n) is 2.71. The third kappa shape index (κ3) is 2.38. The molecule has 0 bridgehead atoms. The predicted octanol–water partition coefficient (Wildman–Crippen LogP) is 2.04. The van der Waals surface area contributed by atoms with E-state index in [9.17, 15) is 9.59 Å². The van der Waals surface area contributed by atoms with Gasteiger partial charge in [0.2, 0.25) is 0 Å². The van der Waals surface area contributed by atoms with Crippen LogP contribution in [0.5, 0.6) is 5.75 Å². The minimum atomic E-state index is -1.07. The summed E-state index contributed by atoms with van der Waals surface area (Å²) in [6.07, 6.45) is 1.27. The molecule has 76 valence electrons. The number of carbonyl (C=O) groups is 2. The first-order valence-electron chi connectivity index (χ1n) is 4.20. The van der Waals surface area contributed by atoms with Gasteiger partial charge in [-0.2, -0.15) is 4.36 Å². The molecule has 1 aliphatic heterocycles. The summed E-state index contributed by atoms with van der Waals surface area (Å²) in [6, 6.07) is 8.69. The molecule has 0 saturated carbocycles. The van der Waals surface area contributed by atoms with Gasteiger partial charge >= 0.3 is 5.30 Å². The van der Waals surface area contributed by atoms with E-state index in [1.54, 1.807) is 24.3 Å². The molecule has 0 saturated heterocycles. The Kier molecular flexibility index (Phi) is 2.73. The number of hydrogen-bond donors (Lipinski definition) is 0. The minimum absolute atomic E-state index is 0.386. The highest BCUT2D eigenvalue weighted by Crippen LogP contribution is 2.12. The van der Waals surface area contributed by atoms with Gasteiger partial charge in [-0.25, -0.2) is 4.79 Å². The maximum atomic E-state index is 11.5. The van der Waals surface area contributed by atoms with Crippen LogP contribution < -0.4 is 4.74 Å². The van der Waals surface area contributed by atoms with Crippen molar-refractivity contribution in [3.8, 4) is 5.75 Å². The molecule has 0 aliphatic carbocycles. The van der Waals surface area contributed by atoms with E-state index >= 15 is 0 Å². The molecule has 1 aliphatic rings. The van der Waals surface area contributed by atoms with E-state index in [1.807, 2.05) is 6.07 Å². The fourth-order valence-corrected chi connectivity index (χ4v) is 1.93. The van der Waals surface area contributed by atoms with Gasteiger partial charge in [0.05, 0.1) is 0 Å². The van der Waals surface area contributed by atoms with Crippen LogP contribution in [0, 0.1) is 0 Å². The molecule has 1 aromatic rings. The molecule has 2 rings (SSSR count). The van der Waals surface area contributed by atoms with Crippen LogP contribution in [0.1, 0.15) is 0 Å². The fourth-order valence-electron chi connectivity index (χ4n) is 1.00. The largest absolute Gasteiger partial charge is 0.418 e. The third-order valence-electron chi connectivity index (χ3n) is 1.64. The molecular weight excluding hydrogens is 214 g/mol. The standard InChI is InChI=1S/C10H7NO3S/c12-9-6-7-15(11-9)10(13)14-8-4-2-1-3-5-8/h1-7H. The maximum Gasteiger partial charge on any atom is 0.387 e. The Morgan fingerprint density at radius 1 is 1.27 bits per heavy atom. The van der Waals surface area contributed by atoms with Gasteiger partial charge < -0.3 is 4.74 Å². The molecule has 4 nitrogen and oxygen atoms in total. The Morgan fingerprint density at radius 3 is 2.60 bits per heavy atom. The molecule has 1 unspecified atom stereocenters. The number of carbonyl (C=O) groups excluding carboxylic acids is 2. The van der Waals surface area contributed by atoms with Crippen molar-refractivity contribution in [3.63, 3.8) is 0 Å². The summed E-state index contributed by atoms with van der Waals surface area (Å²) in [7, 11) is -1.07. The van der Waals surface area contributed by atoms with Crippen molar-refractivity contribution in [1.29, 1.82) is 0 Å². The Morgan fingerprint density at radius 2 is 2.00 bits per heavy atom. The van der Waals surface area contributed by atoms with Crippen LogP contribution in [-0.2, 0) is 15.5 Å². The van der Waals surface area contributed by atoms with Gasteiger partial charge in [0.25, 0.3) is 5.91 Å². The van der Waals surface area contributed by atoms with E-state index < -0.39 is 16.0 Å². The fraction of sp³-hybridized carbons (Fsp3) is 0. The molecule has 0 fully saturated rings. The molecule has 1 atom stereocenters. The van der Waals surface area contributed by atoms with Crippen LogP contribution in [0.4, 0.5) is 4.79 Å². The first kappa shape index (κ1) is 9.79. The molecule has 1 heterocycles. The zero-order chi connectivity index (χ0) is 10.7. The van der Waals surface area contributed by atoms with E-state index in [4.69, 9.17) is 4.74 Å². The van der Waals surface area contributed by atoms with Gasteiger partial charge in [-0.1, -0.05) is 18.2 Å². The van der Waals surface area contributed by atoms with Crippen molar-refractivity contribution >= 4 is 21.9 Å². The lowest BCUT2D eigenvalue weighted by Gasteiger charge is -2.01. The maximum absolute atomic E-state index is 11.5. The van der Waals surface area contributed by atoms with Crippen molar-refractivity contribution in [2.45, 2.75) is 0 Å². The van der Waals surface area contributed by atoms with E-state index in [0.717, 1.165) is 0 Å². The molecular formula is C10H7NO3S. The molecule has 1 amide bonds. The highest BCUT2D eigenvalue weighted by atomic mass is 32.2. The summed E-state index contributed by atoms with van der Waals surface area (Å²) in [5.74, 6) is 0.0706. The smallest absolute Gasteiger partial charge is 0.387 e. The number of amides is 1. The van der Waals surface area contributed by atoms with Crippen LogP contribution >= 0.6 is 0 Å². The number of para-hydroxylation sites is 1. The topological polar surface area (TPSA) is 55.7 Å². The van der Waals surface area contributed by atoms with Crippen molar-refractivity contribution in [1.82, 2.24) is 0 Å². The van der Waals surface area contributed by atoms with Gasteiger partial charge in [-0.15, -0.1) is 0 Å². The van der Waals surface area contributed by atoms with Crippen LogP contribution in [0.2, 0.25) is 0 Å². The quantitative estimate of drug-likeness (QED) is 0.682. The lowest BCUT2D eigenvalue weighted by molar-refractivity contribution is -0.113. The second-order valence-corrected chi connectivity index (χ2v) is 4.13. The normalized spacial score (nSPS) is 18.7. The number of nitrogens with zero attached hydrogens (tertiary/aromatic N) is 1. The predicted molar refractivity (Wildman–Crippen MR) is 56.4 cm³/mol. The van der Waals surface area contributed by atoms with Crippen LogP contribution in [0.3, 0.4) is 0 Å². The first-order chi connectivity index (χ1) is 7.25. The van der Waals surface area contributed by atoms with E-state index in [0.29, 0.717) is 5.75 Å². The molecule has 0 spiro atoms. The Balaban J connectivity index is 2.09.